The molecule has 68 heavy (non-hydrogen) atoms. The minimum absolute atomic E-state index is 0.110. The van der Waals surface area contributed by atoms with Gasteiger partial charge in [0.05, 0.1) is 5.69 Å². The molecule has 2 unspecified atom stereocenters. The van der Waals surface area contributed by atoms with Crippen LogP contribution in [0.25, 0.3) is 55.6 Å². The summed E-state index contributed by atoms with van der Waals surface area (Å²) in [6.45, 7) is 9.55. The van der Waals surface area contributed by atoms with E-state index < -0.39 is 0 Å². The number of hydrogen-bond donors (Lipinski definition) is 0. The van der Waals surface area contributed by atoms with Crippen molar-refractivity contribution in [3.63, 3.8) is 0 Å². The van der Waals surface area contributed by atoms with E-state index in [0.717, 1.165) is 11.4 Å². The Morgan fingerprint density at radius 2 is 0.735 bits per heavy atom. The number of anilines is 3. The fourth-order valence-corrected chi connectivity index (χ4v) is 12.7. The van der Waals surface area contributed by atoms with Crippen LogP contribution in [0.2, 0.25) is 0 Å². The van der Waals surface area contributed by atoms with Crippen molar-refractivity contribution in [2.45, 2.75) is 43.9 Å². The van der Waals surface area contributed by atoms with Gasteiger partial charge in [-0.1, -0.05) is 214 Å². The zero-order valence-corrected chi connectivity index (χ0v) is 39.0. The maximum Gasteiger partial charge on any atom is 0.0543 e. The summed E-state index contributed by atoms with van der Waals surface area (Å²) in [7, 11) is 0. The van der Waals surface area contributed by atoms with Crippen LogP contribution >= 0.6 is 0 Å². The Bertz CT molecular complexity index is 3600. The molecule has 3 aliphatic carbocycles. The zero-order valence-electron chi connectivity index (χ0n) is 39.0. The highest BCUT2D eigenvalue weighted by Crippen LogP contribution is 2.58. The highest BCUT2D eigenvalue weighted by Gasteiger charge is 2.43. The summed E-state index contributed by atoms with van der Waals surface area (Å²) < 4.78 is 0. The minimum atomic E-state index is -0.317. The molecule has 10 aromatic rings. The molecule has 324 valence electrons. The largest absolute Gasteiger partial charge is 0.310 e. The van der Waals surface area contributed by atoms with Gasteiger partial charge in [0.25, 0.3) is 0 Å². The highest BCUT2D eigenvalue weighted by atomic mass is 15.1. The van der Waals surface area contributed by atoms with Crippen molar-refractivity contribution < 1.29 is 0 Å². The molecule has 2 atom stereocenters. The van der Waals surface area contributed by atoms with Gasteiger partial charge >= 0.3 is 0 Å². The summed E-state index contributed by atoms with van der Waals surface area (Å²) in [5.41, 5.74) is 26.3. The topological polar surface area (TPSA) is 3.24 Å². The summed E-state index contributed by atoms with van der Waals surface area (Å²) in [4.78, 5) is 2.49. The van der Waals surface area contributed by atoms with Gasteiger partial charge in [0.1, 0.15) is 0 Å². The maximum atomic E-state index is 2.49. The molecule has 3 aliphatic rings. The third-order valence-corrected chi connectivity index (χ3v) is 16.0. The smallest absolute Gasteiger partial charge is 0.0543 e. The Morgan fingerprint density at radius 3 is 1.38 bits per heavy atom. The number of nitrogens with zero attached hydrogens (tertiary/aromatic N) is 1. The van der Waals surface area contributed by atoms with Crippen LogP contribution in [-0.4, -0.2) is 0 Å². The van der Waals surface area contributed by atoms with Crippen molar-refractivity contribution in [3.8, 4) is 55.6 Å². The molecule has 0 radical (unpaired) electrons. The maximum absolute atomic E-state index is 2.49. The number of fused-ring (bicyclic) bond motifs is 9. The lowest BCUT2D eigenvalue weighted by Gasteiger charge is -2.31. The lowest BCUT2D eigenvalue weighted by Crippen LogP contribution is -2.22. The van der Waals surface area contributed by atoms with Crippen molar-refractivity contribution in [1.82, 2.24) is 0 Å². The predicted molar refractivity (Wildman–Crippen MR) is 284 cm³/mol. The fourth-order valence-electron chi connectivity index (χ4n) is 12.7. The third kappa shape index (κ3) is 5.69. The Balaban J connectivity index is 0.956. The van der Waals surface area contributed by atoms with E-state index in [1.807, 2.05) is 0 Å². The summed E-state index contributed by atoms with van der Waals surface area (Å²) >= 11 is 0. The van der Waals surface area contributed by atoms with Crippen LogP contribution in [0.1, 0.15) is 72.2 Å². The van der Waals surface area contributed by atoms with Crippen LogP contribution < -0.4 is 4.90 Å². The Kier molecular flexibility index (Phi) is 8.89. The quantitative estimate of drug-likeness (QED) is 0.154. The van der Waals surface area contributed by atoms with Crippen molar-refractivity contribution in [1.29, 1.82) is 0 Å². The van der Waals surface area contributed by atoms with Crippen molar-refractivity contribution in [2.75, 3.05) is 4.90 Å². The van der Waals surface area contributed by atoms with E-state index in [-0.39, 0.29) is 16.2 Å². The van der Waals surface area contributed by atoms with Gasteiger partial charge < -0.3 is 4.90 Å². The van der Waals surface area contributed by atoms with Crippen molar-refractivity contribution >= 4 is 17.1 Å². The van der Waals surface area contributed by atoms with Crippen LogP contribution in [0.4, 0.5) is 17.1 Å². The van der Waals surface area contributed by atoms with Gasteiger partial charge in [0, 0.05) is 33.2 Å². The molecular formula is C67H51N. The number of hydrogen-bond acceptors (Lipinski definition) is 1. The van der Waals surface area contributed by atoms with E-state index in [9.17, 15) is 0 Å². The van der Waals surface area contributed by atoms with Gasteiger partial charge in [-0.05, 0) is 145 Å². The van der Waals surface area contributed by atoms with Crippen LogP contribution in [0.15, 0.2) is 237 Å². The molecule has 0 N–H and O–H groups in total. The molecule has 1 nitrogen and oxygen atoms in total. The molecular weight excluding hydrogens is 819 g/mol. The highest BCUT2D eigenvalue weighted by molar-refractivity contribution is 5.97. The summed E-state index contributed by atoms with van der Waals surface area (Å²) in [5, 5.41) is 0. The molecule has 0 fully saturated rings. The van der Waals surface area contributed by atoms with E-state index in [4.69, 9.17) is 0 Å². The zero-order chi connectivity index (χ0) is 45.8. The molecule has 0 saturated carbocycles. The molecule has 0 heterocycles. The molecule has 0 aliphatic heterocycles. The number of benzene rings is 10. The third-order valence-electron chi connectivity index (χ3n) is 16.0. The average Bonchev–Trinajstić information content (AvgIpc) is 3.93. The van der Waals surface area contributed by atoms with Gasteiger partial charge in [-0.25, -0.2) is 0 Å². The molecule has 0 bridgehead atoms. The van der Waals surface area contributed by atoms with Crippen LogP contribution in [0.5, 0.6) is 0 Å². The van der Waals surface area contributed by atoms with Crippen LogP contribution in [-0.2, 0) is 16.2 Å². The van der Waals surface area contributed by atoms with E-state index in [1.165, 1.54) is 106 Å². The summed E-state index contributed by atoms with van der Waals surface area (Å²) in [5.74, 6) is 0. The predicted octanol–water partition coefficient (Wildman–Crippen LogP) is 17.5. The lowest BCUT2D eigenvalue weighted by atomic mass is 9.74. The molecule has 0 spiro atoms. The Hall–Kier alpha value is -8.00. The van der Waals surface area contributed by atoms with E-state index in [0.29, 0.717) is 0 Å². The van der Waals surface area contributed by atoms with Gasteiger partial charge in [0.15, 0.2) is 0 Å². The second-order valence-corrected chi connectivity index (χ2v) is 19.9. The molecule has 1 heteroatoms. The first-order chi connectivity index (χ1) is 33.3. The minimum Gasteiger partial charge on any atom is -0.310 e. The van der Waals surface area contributed by atoms with Gasteiger partial charge in [-0.3, -0.25) is 0 Å². The first-order valence-corrected chi connectivity index (χ1v) is 24.1. The van der Waals surface area contributed by atoms with Crippen molar-refractivity contribution in [3.05, 3.63) is 281 Å². The average molecular weight is 870 g/mol. The Labute approximate surface area is 400 Å². The van der Waals surface area contributed by atoms with Gasteiger partial charge in [0.2, 0.25) is 0 Å². The van der Waals surface area contributed by atoms with E-state index in [2.05, 4.69) is 269 Å². The molecule has 0 aromatic heterocycles. The van der Waals surface area contributed by atoms with Crippen LogP contribution in [0.3, 0.4) is 0 Å². The van der Waals surface area contributed by atoms with Gasteiger partial charge in [-0.15, -0.1) is 0 Å². The first-order valence-electron chi connectivity index (χ1n) is 24.1. The van der Waals surface area contributed by atoms with E-state index >= 15 is 0 Å². The molecule has 13 rings (SSSR count). The SMILES string of the molecule is CC1(C)c2ccccc2-c2cccc(-c3ccc(N(c4ccc(-c5ccc6c(c5)C(C)(c5ccccc5)c5ccccc5-6)cc4)c4cccc5c4-c4ccccc4C5(C)c4ccccc4)cc3)c21. The number of rotatable bonds is 7. The van der Waals surface area contributed by atoms with Crippen LogP contribution in [0, 0.1) is 0 Å². The van der Waals surface area contributed by atoms with E-state index in [1.54, 1.807) is 0 Å². The summed E-state index contributed by atoms with van der Waals surface area (Å²) in [6, 6.07) is 88.4. The second kappa shape index (κ2) is 15.0. The Morgan fingerprint density at radius 1 is 0.294 bits per heavy atom. The fraction of sp³-hybridized carbons (Fsp3) is 0.104. The second-order valence-electron chi connectivity index (χ2n) is 19.9. The molecule has 0 amide bonds. The van der Waals surface area contributed by atoms with Crippen molar-refractivity contribution in [2.24, 2.45) is 0 Å². The monoisotopic (exact) mass is 869 g/mol. The van der Waals surface area contributed by atoms with Gasteiger partial charge in [-0.2, -0.15) is 0 Å². The summed E-state index contributed by atoms with van der Waals surface area (Å²) in [6.07, 6.45) is 0. The lowest BCUT2D eigenvalue weighted by molar-refractivity contribution is 0.662. The molecule has 0 saturated heterocycles. The standard InChI is InChI=1S/C67H51N/c1-65(2)57-28-14-11-24-53(57)55-27-17-26-51(64(55)65)45-35-40-50(41-36-45)68(62-32-18-31-60-63(62)56-25-13-16-30-59(56)66(60,3)47-19-7-5-8-20-47)49-38-33-44(34-39-49)46-37-42-54-52-23-12-15-29-58(52)67(4,61(54)43-46)48-21-9-6-10-22-48/h5-43H,1-4H3. The first kappa shape index (κ1) is 40.3. The molecule has 10 aromatic carbocycles. The normalized spacial score (nSPS) is 17.6.